The van der Waals surface area contributed by atoms with E-state index in [9.17, 15) is 13.2 Å². The molecule has 0 atom stereocenters. The fourth-order valence-electron chi connectivity index (χ4n) is 3.23. The van der Waals surface area contributed by atoms with E-state index in [1.807, 2.05) is 12.1 Å². The first-order valence-electron chi connectivity index (χ1n) is 9.02. The predicted molar refractivity (Wildman–Crippen MR) is 103 cm³/mol. The SMILES string of the molecule is COc1ccccc1CNS(=O)(=O)c1ccc(C(=O)NC2CCCC2)cc1. The van der Waals surface area contributed by atoms with Gasteiger partial charge in [-0.15, -0.1) is 0 Å². The number of ether oxygens (including phenoxy) is 1. The van der Waals surface area contributed by atoms with Crippen LogP contribution < -0.4 is 14.8 Å². The minimum Gasteiger partial charge on any atom is -0.496 e. The zero-order valence-corrected chi connectivity index (χ0v) is 16.1. The maximum atomic E-state index is 12.5. The summed E-state index contributed by atoms with van der Waals surface area (Å²) < 4.78 is 32.8. The van der Waals surface area contributed by atoms with Crippen molar-refractivity contribution in [1.82, 2.24) is 10.0 Å². The molecular weight excluding hydrogens is 364 g/mol. The topological polar surface area (TPSA) is 84.5 Å². The quantitative estimate of drug-likeness (QED) is 0.764. The predicted octanol–water partition coefficient (Wildman–Crippen LogP) is 2.85. The number of hydrogen-bond donors (Lipinski definition) is 2. The molecule has 0 bridgehead atoms. The number of sulfonamides is 1. The van der Waals surface area contributed by atoms with E-state index in [1.165, 1.54) is 12.1 Å². The van der Waals surface area contributed by atoms with Crippen molar-refractivity contribution in [2.45, 2.75) is 43.2 Å². The normalized spacial score (nSPS) is 14.9. The van der Waals surface area contributed by atoms with Gasteiger partial charge in [-0.05, 0) is 43.2 Å². The average molecular weight is 388 g/mol. The number of nitrogens with one attached hydrogen (secondary N) is 2. The third kappa shape index (κ3) is 4.87. The van der Waals surface area contributed by atoms with Crippen LogP contribution in [0.5, 0.6) is 5.75 Å². The number of methoxy groups -OCH3 is 1. The highest BCUT2D eigenvalue weighted by Gasteiger charge is 2.19. The van der Waals surface area contributed by atoms with E-state index in [4.69, 9.17) is 4.74 Å². The van der Waals surface area contributed by atoms with E-state index in [1.54, 1.807) is 31.4 Å². The highest BCUT2D eigenvalue weighted by molar-refractivity contribution is 7.89. The van der Waals surface area contributed by atoms with Crippen molar-refractivity contribution in [3.05, 3.63) is 59.7 Å². The number of hydrogen-bond acceptors (Lipinski definition) is 4. The lowest BCUT2D eigenvalue weighted by Gasteiger charge is -2.13. The Morgan fingerprint density at radius 2 is 1.74 bits per heavy atom. The van der Waals surface area contributed by atoms with Crippen LogP contribution in [-0.4, -0.2) is 27.5 Å². The molecule has 0 saturated heterocycles. The maximum absolute atomic E-state index is 12.5. The summed E-state index contributed by atoms with van der Waals surface area (Å²) in [5.74, 6) is 0.465. The molecule has 2 N–H and O–H groups in total. The van der Waals surface area contributed by atoms with Gasteiger partial charge in [0.2, 0.25) is 10.0 Å². The second-order valence-corrected chi connectivity index (χ2v) is 8.38. The third-order valence-electron chi connectivity index (χ3n) is 4.76. The largest absolute Gasteiger partial charge is 0.496 e. The Labute approximate surface area is 160 Å². The molecule has 0 spiro atoms. The van der Waals surface area contributed by atoms with Crippen molar-refractivity contribution in [2.24, 2.45) is 0 Å². The minimum absolute atomic E-state index is 0.120. The molecule has 0 aromatic heterocycles. The summed E-state index contributed by atoms with van der Waals surface area (Å²) in [5.41, 5.74) is 1.21. The van der Waals surface area contributed by atoms with E-state index >= 15 is 0 Å². The summed E-state index contributed by atoms with van der Waals surface area (Å²) in [6.45, 7) is 0.121. The van der Waals surface area contributed by atoms with Crippen LogP contribution in [0.25, 0.3) is 0 Å². The van der Waals surface area contributed by atoms with Crippen LogP contribution in [0.2, 0.25) is 0 Å². The second-order valence-electron chi connectivity index (χ2n) is 6.62. The summed E-state index contributed by atoms with van der Waals surface area (Å²) in [7, 11) is -2.14. The molecule has 1 fully saturated rings. The molecule has 1 aliphatic carbocycles. The molecule has 0 aliphatic heterocycles. The van der Waals surface area contributed by atoms with Gasteiger partial charge in [0.1, 0.15) is 5.75 Å². The van der Waals surface area contributed by atoms with Gasteiger partial charge in [0, 0.05) is 23.7 Å². The fraction of sp³-hybridized carbons (Fsp3) is 0.350. The molecular formula is C20H24N2O4S. The monoisotopic (exact) mass is 388 g/mol. The van der Waals surface area contributed by atoms with Crippen molar-refractivity contribution in [2.75, 3.05) is 7.11 Å². The Bertz CT molecular complexity index is 888. The van der Waals surface area contributed by atoms with Crippen LogP contribution in [0.15, 0.2) is 53.4 Å². The average Bonchev–Trinajstić information content (AvgIpc) is 3.19. The third-order valence-corrected chi connectivity index (χ3v) is 6.18. The van der Waals surface area contributed by atoms with Gasteiger partial charge in [0.05, 0.1) is 12.0 Å². The first kappa shape index (κ1) is 19.4. The van der Waals surface area contributed by atoms with E-state index in [2.05, 4.69) is 10.0 Å². The van der Waals surface area contributed by atoms with Crippen molar-refractivity contribution in [3.63, 3.8) is 0 Å². The Balaban J connectivity index is 1.65. The van der Waals surface area contributed by atoms with Crippen LogP contribution in [0.4, 0.5) is 0 Å². The van der Waals surface area contributed by atoms with Gasteiger partial charge in [-0.25, -0.2) is 13.1 Å². The molecule has 0 unspecified atom stereocenters. The van der Waals surface area contributed by atoms with Gasteiger partial charge < -0.3 is 10.1 Å². The van der Waals surface area contributed by atoms with Crippen molar-refractivity contribution in [1.29, 1.82) is 0 Å². The first-order valence-corrected chi connectivity index (χ1v) is 10.5. The molecule has 2 aromatic carbocycles. The van der Waals surface area contributed by atoms with E-state index in [0.717, 1.165) is 31.2 Å². The number of amides is 1. The van der Waals surface area contributed by atoms with Crippen molar-refractivity contribution in [3.8, 4) is 5.75 Å². The van der Waals surface area contributed by atoms with Crippen molar-refractivity contribution < 1.29 is 17.9 Å². The van der Waals surface area contributed by atoms with Gasteiger partial charge in [-0.1, -0.05) is 31.0 Å². The number of rotatable bonds is 7. The maximum Gasteiger partial charge on any atom is 0.251 e. The van der Waals surface area contributed by atoms with Gasteiger partial charge in [0.25, 0.3) is 5.91 Å². The van der Waals surface area contributed by atoms with Crippen LogP contribution in [0.3, 0.4) is 0 Å². The molecule has 2 aromatic rings. The number of carbonyl (C=O) groups excluding carboxylic acids is 1. The highest BCUT2D eigenvalue weighted by atomic mass is 32.2. The first-order chi connectivity index (χ1) is 13.0. The molecule has 0 heterocycles. The van der Waals surface area contributed by atoms with Gasteiger partial charge >= 0.3 is 0 Å². The van der Waals surface area contributed by atoms with Crippen LogP contribution >= 0.6 is 0 Å². The van der Waals surface area contributed by atoms with Crippen molar-refractivity contribution >= 4 is 15.9 Å². The fourth-order valence-corrected chi connectivity index (χ4v) is 4.24. The van der Waals surface area contributed by atoms with Crippen LogP contribution in [-0.2, 0) is 16.6 Å². The minimum atomic E-state index is -3.69. The number of benzene rings is 2. The molecule has 1 aliphatic rings. The van der Waals surface area contributed by atoms with E-state index in [-0.39, 0.29) is 23.4 Å². The standard InChI is InChI=1S/C20H24N2O4S/c1-26-19-9-5-2-6-16(19)14-21-27(24,25)18-12-10-15(11-13-18)20(23)22-17-7-3-4-8-17/h2,5-6,9-13,17,21H,3-4,7-8,14H2,1H3,(H,22,23). The molecule has 6 nitrogen and oxygen atoms in total. The molecule has 0 radical (unpaired) electrons. The van der Waals surface area contributed by atoms with E-state index < -0.39 is 10.0 Å². The van der Waals surface area contributed by atoms with Gasteiger partial charge in [0.15, 0.2) is 0 Å². The Hall–Kier alpha value is -2.38. The summed E-state index contributed by atoms with van der Waals surface area (Å²) in [5, 5.41) is 2.99. The molecule has 144 valence electrons. The van der Waals surface area contributed by atoms with E-state index in [0.29, 0.717) is 11.3 Å². The Kier molecular flexibility index (Phi) is 6.13. The lowest BCUT2D eigenvalue weighted by Crippen LogP contribution is -2.32. The highest BCUT2D eigenvalue weighted by Crippen LogP contribution is 2.20. The van der Waals surface area contributed by atoms with Gasteiger partial charge in [-0.2, -0.15) is 0 Å². The second kappa shape index (κ2) is 8.54. The zero-order chi connectivity index (χ0) is 19.3. The number of carbonyl (C=O) groups is 1. The Morgan fingerprint density at radius 1 is 1.07 bits per heavy atom. The van der Waals surface area contributed by atoms with Gasteiger partial charge in [-0.3, -0.25) is 4.79 Å². The zero-order valence-electron chi connectivity index (χ0n) is 15.3. The molecule has 1 saturated carbocycles. The lowest BCUT2D eigenvalue weighted by molar-refractivity contribution is 0.0938. The summed E-state index contributed by atoms with van der Waals surface area (Å²) >= 11 is 0. The summed E-state index contributed by atoms with van der Waals surface area (Å²) in [6, 6.07) is 13.4. The smallest absolute Gasteiger partial charge is 0.251 e. The lowest BCUT2D eigenvalue weighted by atomic mass is 10.2. The molecule has 27 heavy (non-hydrogen) atoms. The van der Waals surface area contributed by atoms with Crippen LogP contribution in [0, 0.1) is 0 Å². The molecule has 3 rings (SSSR count). The van der Waals surface area contributed by atoms with Crippen LogP contribution in [0.1, 0.15) is 41.6 Å². The Morgan fingerprint density at radius 3 is 2.41 bits per heavy atom. The summed E-state index contributed by atoms with van der Waals surface area (Å²) in [4.78, 5) is 12.4. The molecule has 7 heteroatoms. The molecule has 1 amide bonds. The summed E-state index contributed by atoms with van der Waals surface area (Å²) in [6.07, 6.45) is 4.29. The number of para-hydroxylation sites is 1.